The molecule has 0 aliphatic carbocycles. The summed E-state index contributed by atoms with van der Waals surface area (Å²) in [5.41, 5.74) is 0.971. The van der Waals surface area contributed by atoms with Crippen molar-refractivity contribution in [1.82, 2.24) is 9.21 Å². The molecule has 0 saturated carbocycles. The van der Waals surface area contributed by atoms with Gasteiger partial charge in [-0.2, -0.15) is 4.31 Å². The van der Waals surface area contributed by atoms with Gasteiger partial charge in [0.15, 0.2) is 0 Å². The van der Waals surface area contributed by atoms with Crippen molar-refractivity contribution in [3.63, 3.8) is 0 Å². The number of carbonyl (C=O) groups excluding carboxylic acids is 1. The van der Waals surface area contributed by atoms with Gasteiger partial charge < -0.3 is 14.1 Å². The Hall–Kier alpha value is -2.16. The van der Waals surface area contributed by atoms with E-state index in [0.717, 1.165) is 24.2 Å². The Kier molecular flexibility index (Phi) is 7.69. The van der Waals surface area contributed by atoms with Gasteiger partial charge in [0.2, 0.25) is 15.9 Å². The van der Waals surface area contributed by atoms with Crippen LogP contribution in [-0.2, 0) is 32.6 Å². The lowest BCUT2D eigenvalue weighted by Crippen LogP contribution is -2.45. The largest absolute Gasteiger partial charge is 0.464 e. The van der Waals surface area contributed by atoms with Crippen molar-refractivity contribution in [2.24, 2.45) is 0 Å². The van der Waals surface area contributed by atoms with Gasteiger partial charge in [-0.3, -0.25) is 4.79 Å². The lowest BCUT2D eigenvalue weighted by Gasteiger charge is -2.28. The fourth-order valence-electron chi connectivity index (χ4n) is 3.52. The second-order valence-electron chi connectivity index (χ2n) is 7.58. The molecule has 1 saturated heterocycles. The molecule has 1 aliphatic rings. The molecule has 0 N–H and O–H groups in total. The number of benzene rings is 1. The Morgan fingerprint density at radius 2 is 1.90 bits per heavy atom. The zero-order valence-electron chi connectivity index (χ0n) is 17.6. The van der Waals surface area contributed by atoms with Gasteiger partial charge in [-0.1, -0.05) is 30.3 Å². The molecule has 1 unspecified atom stereocenters. The molecule has 164 valence electrons. The summed E-state index contributed by atoms with van der Waals surface area (Å²) in [7, 11) is -3.54. The Bertz CT molecular complexity index is 920. The fraction of sp³-hybridized carbons (Fsp3) is 0.500. The topological polar surface area (TPSA) is 80.1 Å². The Morgan fingerprint density at radius 3 is 2.50 bits per heavy atom. The standard InChI is InChI=1S/C22H30N2O5S/c1-3-30(26,27)24(16-20-10-7-13-28-20)17-22(25)23(14-19-8-5-4-6-9-19)15-21-12-11-18(2)29-21/h4-6,8-9,11-12,20H,3,7,10,13-17H2,1-2H3. The zero-order valence-corrected chi connectivity index (χ0v) is 18.4. The zero-order chi connectivity index (χ0) is 21.6. The molecule has 8 heteroatoms. The van der Waals surface area contributed by atoms with Crippen LogP contribution < -0.4 is 0 Å². The van der Waals surface area contributed by atoms with Gasteiger partial charge >= 0.3 is 0 Å². The number of aryl methyl sites for hydroxylation is 1. The molecule has 1 aromatic heterocycles. The first-order valence-electron chi connectivity index (χ1n) is 10.3. The van der Waals surface area contributed by atoms with E-state index < -0.39 is 10.0 Å². The molecule has 1 fully saturated rings. The first-order chi connectivity index (χ1) is 14.4. The number of furan rings is 1. The summed E-state index contributed by atoms with van der Waals surface area (Å²) >= 11 is 0. The Morgan fingerprint density at radius 1 is 1.13 bits per heavy atom. The molecule has 1 aliphatic heterocycles. The number of nitrogens with zero attached hydrogens (tertiary/aromatic N) is 2. The van der Waals surface area contributed by atoms with E-state index in [4.69, 9.17) is 9.15 Å². The molecular formula is C22H30N2O5S. The molecule has 30 heavy (non-hydrogen) atoms. The van der Waals surface area contributed by atoms with Crippen molar-refractivity contribution in [3.05, 3.63) is 59.5 Å². The smallest absolute Gasteiger partial charge is 0.238 e. The minimum Gasteiger partial charge on any atom is -0.464 e. The average molecular weight is 435 g/mol. The second kappa shape index (κ2) is 10.2. The van der Waals surface area contributed by atoms with E-state index in [1.807, 2.05) is 49.4 Å². The quantitative estimate of drug-likeness (QED) is 0.574. The molecular weight excluding hydrogens is 404 g/mol. The van der Waals surface area contributed by atoms with Crippen molar-refractivity contribution in [2.75, 3.05) is 25.4 Å². The highest BCUT2D eigenvalue weighted by Gasteiger charge is 2.30. The summed E-state index contributed by atoms with van der Waals surface area (Å²) in [6.45, 7) is 4.74. The summed E-state index contributed by atoms with van der Waals surface area (Å²) in [6, 6.07) is 13.3. The van der Waals surface area contributed by atoms with Crippen molar-refractivity contribution in [1.29, 1.82) is 0 Å². The number of hydrogen-bond donors (Lipinski definition) is 0. The SMILES string of the molecule is CCS(=O)(=O)N(CC(=O)N(Cc1ccccc1)Cc1ccc(C)o1)CC1CCCO1. The van der Waals surface area contributed by atoms with Crippen molar-refractivity contribution >= 4 is 15.9 Å². The molecule has 3 rings (SSSR count). The van der Waals surface area contributed by atoms with Crippen LogP contribution >= 0.6 is 0 Å². The summed E-state index contributed by atoms with van der Waals surface area (Å²) < 4.78 is 37.8. The van der Waals surface area contributed by atoms with Crippen LogP contribution in [0.4, 0.5) is 0 Å². The highest BCUT2D eigenvalue weighted by atomic mass is 32.2. The third-order valence-electron chi connectivity index (χ3n) is 5.21. The monoisotopic (exact) mass is 434 g/mol. The highest BCUT2D eigenvalue weighted by Crippen LogP contribution is 2.18. The van der Waals surface area contributed by atoms with Crippen molar-refractivity contribution < 1.29 is 22.4 Å². The van der Waals surface area contributed by atoms with Crippen LogP contribution in [0.5, 0.6) is 0 Å². The predicted molar refractivity (Wildman–Crippen MR) is 114 cm³/mol. The molecule has 1 aromatic carbocycles. The van der Waals surface area contributed by atoms with Gasteiger partial charge in [0, 0.05) is 19.7 Å². The molecule has 0 bridgehead atoms. The number of ether oxygens (including phenoxy) is 1. The lowest BCUT2D eigenvalue weighted by atomic mass is 10.2. The third kappa shape index (κ3) is 6.17. The van der Waals surface area contributed by atoms with E-state index >= 15 is 0 Å². The molecule has 2 aromatic rings. The van der Waals surface area contributed by atoms with Gasteiger partial charge in [-0.15, -0.1) is 0 Å². The van der Waals surface area contributed by atoms with Crippen LogP contribution in [-0.4, -0.2) is 55.1 Å². The van der Waals surface area contributed by atoms with Gasteiger partial charge in [-0.05, 0) is 44.4 Å². The van der Waals surface area contributed by atoms with Crippen LogP contribution in [0.2, 0.25) is 0 Å². The number of amides is 1. The van der Waals surface area contributed by atoms with Crippen LogP contribution in [0.3, 0.4) is 0 Å². The summed E-state index contributed by atoms with van der Waals surface area (Å²) in [4.78, 5) is 14.9. The predicted octanol–water partition coefficient (Wildman–Crippen LogP) is 2.95. The number of hydrogen-bond acceptors (Lipinski definition) is 5. The maximum atomic E-state index is 13.2. The minimum atomic E-state index is -3.54. The molecule has 1 amide bonds. The average Bonchev–Trinajstić information content (AvgIpc) is 3.39. The summed E-state index contributed by atoms with van der Waals surface area (Å²) in [5, 5.41) is 0. The normalized spacial score (nSPS) is 16.8. The molecule has 0 spiro atoms. The van der Waals surface area contributed by atoms with E-state index in [2.05, 4.69) is 0 Å². The number of sulfonamides is 1. The molecule has 0 radical (unpaired) electrons. The van der Waals surface area contributed by atoms with Gasteiger partial charge in [0.05, 0.1) is 24.9 Å². The van der Waals surface area contributed by atoms with Crippen LogP contribution in [0.25, 0.3) is 0 Å². The number of carbonyl (C=O) groups is 1. The summed E-state index contributed by atoms with van der Waals surface area (Å²) in [6.07, 6.45) is 1.56. The molecule has 7 nitrogen and oxygen atoms in total. The maximum absolute atomic E-state index is 13.2. The maximum Gasteiger partial charge on any atom is 0.238 e. The third-order valence-corrected chi connectivity index (χ3v) is 7.01. The molecule has 1 atom stereocenters. The van der Waals surface area contributed by atoms with Gasteiger partial charge in [0.1, 0.15) is 11.5 Å². The second-order valence-corrected chi connectivity index (χ2v) is 9.83. The van der Waals surface area contributed by atoms with E-state index in [0.29, 0.717) is 18.9 Å². The lowest BCUT2D eigenvalue weighted by molar-refractivity contribution is -0.133. The minimum absolute atomic E-state index is 0.0525. The van der Waals surface area contributed by atoms with E-state index in [9.17, 15) is 13.2 Å². The van der Waals surface area contributed by atoms with Crippen LogP contribution in [0, 0.1) is 6.92 Å². The first-order valence-corrected chi connectivity index (χ1v) is 11.9. The van der Waals surface area contributed by atoms with Crippen molar-refractivity contribution in [3.8, 4) is 0 Å². The van der Waals surface area contributed by atoms with Gasteiger partial charge in [0.25, 0.3) is 0 Å². The van der Waals surface area contributed by atoms with Crippen molar-refractivity contribution in [2.45, 2.75) is 45.9 Å². The summed E-state index contributed by atoms with van der Waals surface area (Å²) in [5.74, 6) is 1.12. The molecule has 2 heterocycles. The Labute approximate surface area is 178 Å². The van der Waals surface area contributed by atoms with E-state index in [1.165, 1.54) is 4.31 Å². The first kappa shape index (κ1) is 22.5. The van der Waals surface area contributed by atoms with E-state index in [-0.39, 0.29) is 37.4 Å². The highest BCUT2D eigenvalue weighted by molar-refractivity contribution is 7.89. The Balaban J connectivity index is 1.78. The number of rotatable bonds is 10. The van der Waals surface area contributed by atoms with E-state index in [1.54, 1.807) is 11.8 Å². The van der Waals surface area contributed by atoms with Crippen LogP contribution in [0.1, 0.15) is 36.8 Å². The van der Waals surface area contributed by atoms with Crippen LogP contribution in [0.15, 0.2) is 46.9 Å². The van der Waals surface area contributed by atoms with Gasteiger partial charge in [-0.25, -0.2) is 8.42 Å². The fourth-order valence-corrected chi connectivity index (χ4v) is 4.59.